The standard InChI is InChI=1S/C19H18N2O2/c1-14-10-16(8-9-18(14)23-2)11-17(12-20)19(22)21-13-15-6-4-3-5-7-15/h3-11H,13H2,1-2H3,(H,21,22)/b17-11+. The lowest BCUT2D eigenvalue weighted by molar-refractivity contribution is -0.117. The zero-order valence-electron chi connectivity index (χ0n) is 13.2. The minimum atomic E-state index is -0.384. The fourth-order valence-corrected chi connectivity index (χ4v) is 2.18. The van der Waals surface area contributed by atoms with E-state index >= 15 is 0 Å². The Hall–Kier alpha value is -3.06. The number of amides is 1. The first-order valence-corrected chi connectivity index (χ1v) is 7.22. The van der Waals surface area contributed by atoms with E-state index in [1.807, 2.05) is 61.5 Å². The van der Waals surface area contributed by atoms with Gasteiger partial charge in [-0.2, -0.15) is 5.26 Å². The summed E-state index contributed by atoms with van der Waals surface area (Å²) >= 11 is 0. The second-order valence-electron chi connectivity index (χ2n) is 5.07. The van der Waals surface area contributed by atoms with Gasteiger partial charge in [0, 0.05) is 6.54 Å². The molecule has 0 aliphatic heterocycles. The van der Waals surface area contributed by atoms with Gasteiger partial charge in [-0.1, -0.05) is 36.4 Å². The van der Waals surface area contributed by atoms with Gasteiger partial charge in [0.1, 0.15) is 17.4 Å². The maximum atomic E-state index is 12.1. The third-order valence-corrected chi connectivity index (χ3v) is 3.39. The van der Waals surface area contributed by atoms with E-state index < -0.39 is 0 Å². The molecule has 0 aromatic heterocycles. The molecule has 0 atom stereocenters. The van der Waals surface area contributed by atoms with Crippen LogP contribution in [-0.2, 0) is 11.3 Å². The molecule has 2 aromatic rings. The van der Waals surface area contributed by atoms with Crippen molar-refractivity contribution in [2.45, 2.75) is 13.5 Å². The van der Waals surface area contributed by atoms with Gasteiger partial charge in [0.25, 0.3) is 5.91 Å². The van der Waals surface area contributed by atoms with E-state index in [-0.39, 0.29) is 11.5 Å². The molecule has 0 unspecified atom stereocenters. The Morgan fingerprint density at radius 3 is 2.61 bits per heavy atom. The zero-order valence-corrected chi connectivity index (χ0v) is 13.2. The van der Waals surface area contributed by atoms with Gasteiger partial charge in [-0.25, -0.2) is 0 Å². The molecule has 1 N–H and O–H groups in total. The highest BCUT2D eigenvalue weighted by Gasteiger charge is 2.09. The summed E-state index contributed by atoms with van der Waals surface area (Å²) in [7, 11) is 1.61. The number of benzene rings is 2. The van der Waals surface area contributed by atoms with Gasteiger partial charge in [-0.05, 0) is 41.8 Å². The minimum absolute atomic E-state index is 0.0745. The summed E-state index contributed by atoms with van der Waals surface area (Å²) in [6.07, 6.45) is 1.58. The van der Waals surface area contributed by atoms with Gasteiger partial charge < -0.3 is 10.1 Å². The average Bonchev–Trinajstić information content (AvgIpc) is 2.58. The van der Waals surface area contributed by atoms with E-state index in [0.717, 1.165) is 22.4 Å². The van der Waals surface area contributed by atoms with Crippen molar-refractivity contribution in [1.82, 2.24) is 5.32 Å². The number of rotatable bonds is 5. The molecular formula is C19H18N2O2. The smallest absolute Gasteiger partial charge is 0.262 e. The molecule has 1 amide bonds. The number of nitrogens with one attached hydrogen (secondary N) is 1. The maximum Gasteiger partial charge on any atom is 0.262 e. The number of carbonyl (C=O) groups is 1. The summed E-state index contributed by atoms with van der Waals surface area (Å²) in [4.78, 5) is 12.1. The van der Waals surface area contributed by atoms with Gasteiger partial charge in [-0.15, -0.1) is 0 Å². The molecule has 0 radical (unpaired) electrons. The van der Waals surface area contributed by atoms with Crippen LogP contribution in [0.25, 0.3) is 6.08 Å². The number of nitrogens with zero attached hydrogens (tertiary/aromatic N) is 1. The summed E-state index contributed by atoms with van der Waals surface area (Å²) in [5.74, 6) is 0.388. The van der Waals surface area contributed by atoms with Crippen LogP contribution >= 0.6 is 0 Å². The summed E-state index contributed by atoms with van der Waals surface area (Å²) in [5.41, 5.74) is 2.79. The molecule has 0 saturated carbocycles. The van der Waals surface area contributed by atoms with Gasteiger partial charge in [-0.3, -0.25) is 4.79 Å². The number of hydrogen-bond acceptors (Lipinski definition) is 3. The minimum Gasteiger partial charge on any atom is -0.496 e. The topological polar surface area (TPSA) is 62.1 Å². The van der Waals surface area contributed by atoms with Crippen molar-refractivity contribution in [1.29, 1.82) is 5.26 Å². The molecular weight excluding hydrogens is 288 g/mol. The molecule has 4 heteroatoms. The SMILES string of the molecule is COc1ccc(/C=C(\C#N)C(=O)NCc2ccccc2)cc1C. The van der Waals surface area contributed by atoms with Crippen LogP contribution in [0.3, 0.4) is 0 Å². The molecule has 2 rings (SSSR count). The number of aryl methyl sites for hydroxylation is 1. The first-order chi connectivity index (χ1) is 11.1. The normalized spacial score (nSPS) is 10.7. The van der Waals surface area contributed by atoms with E-state index in [4.69, 9.17) is 4.74 Å². The first-order valence-electron chi connectivity index (χ1n) is 7.22. The molecule has 0 bridgehead atoms. The van der Waals surface area contributed by atoms with Crippen LogP contribution in [0.5, 0.6) is 5.75 Å². The molecule has 4 nitrogen and oxygen atoms in total. The number of ether oxygens (including phenoxy) is 1. The lowest BCUT2D eigenvalue weighted by atomic mass is 10.1. The predicted octanol–water partition coefficient (Wildman–Crippen LogP) is 3.23. The van der Waals surface area contributed by atoms with E-state index in [2.05, 4.69) is 5.32 Å². The molecule has 0 spiro atoms. The van der Waals surface area contributed by atoms with Crippen LogP contribution in [0.1, 0.15) is 16.7 Å². The number of nitriles is 1. The monoisotopic (exact) mass is 306 g/mol. The van der Waals surface area contributed by atoms with Crippen LogP contribution in [0, 0.1) is 18.3 Å². The predicted molar refractivity (Wildman–Crippen MR) is 89.6 cm³/mol. The van der Waals surface area contributed by atoms with Crippen molar-refractivity contribution in [3.05, 3.63) is 70.8 Å². The second-order valence-corrected chi connectivity index (χ2v) is 5.07. The third kappa shape index (κ3) is 4.45. The number of carbonyl (C=O) groups excluding carboxylic acids is 1. The van der Waals surface area contributed by atoms with Crippen molar-refractivity contribution in [3.63, 3.8) is 0 Å². The lowest BCUT2D eigenvalue weighted by Gasteiger charge is -2.06. The molecule has 23 heavy (non-hydrogen) atoms. The largest absolute Gasteiger partial charge is 0.496 e. The lowest BCUT2D eigenvalue weighted by Crippen LogP contribution is -2.23. The van der Waals surface area contributed by atoms with Crippen molar-refractivity contribution < 1.29 is 9.53 Å². The summed E-state index contributed by atoms with van der Waals surface area (Å²) in [6.45, 7) is 2.30. The van der Waals surface area contributed by atoms with E-state index in [0.29, 0.717) is 6.54 Å². The maximum absolute atomic E-state index is 12.1. The molecule has 0 aliphatic rings. The van der Waals surface area contributed by atoms with Crippen LogP contribution in [0.15, 0.2) is 54.1 Å². The Labute approximate surface area is 136 Å². The fourth-order valence-electron chi connectivity index (χ4n) is 2.18. The number of methoxy groups -OCH3 is 1. The van der Waals surface area contributed by atoms with Gasteiger partial charge in [0.05, 0.1) is 7.11 Å². The van der Waals surface area contributed by atoms with Gasteiger partial charge in [0.15, 0.2) is 0 Å². The Morgan fingerprint density at radius 1 is 1.26 bits per heavy atom. The number of hydrogen-bond donors (Lipinski definition) is 1. The quantitative estimate of drug-likeness (QED) is 0.681. The third-order valence-electron chi connectivity index (χ3n) is 3.39. The molecule has 0 saturated heterocycles. The molecule has 116 valence electrons. The Balaban J connectivity index is 2.10. The summed E-state index contributed by atoms with van der Waals surface area (Å²) in [5, 5.41) is 12.0. The highest BCUT2D eigenvalue weighted by atomic mass is 16.5. The Morgan fingerprint density at radius 2 is 2.00 bits per heavy atom. The van der Waals surface area contributed by atoms with Crippen LogP contribution in [0.4, 0.5) is 0 Å². The van der Waals surface area contributed by atoms with Crippen molar-refractivity contribution in [2.75, 3.05) is 7.11 Å². The van der Waals surface area contributed by atoms with Crippen molar-refractivity contribution in [2.24, 2.45) is 0 Å². The fraction of sp³-hybridized carbons (Fsp3) is 0.158. The van der Waals surface area contributed by atoms with E-state index in [9.17, 15) is 10.1 Å². The van der Waals surface area contributed by atoms with Gasteiger partial charge in [0.2, 0.25) is 0 Å². The zero-order chi connectivity index (χ0) is 16.7. The second kappa shape index (κ2) is 7.81. The van der Waals surface area contributed by atoms with E-state index in [1.165, 1.54) is 0 Å². The molecule has 0 aliphatic carbocycles. The van der Waals surface area contributed by atoms with Crippen LogP contribution in [-0.4, -0.2) is 13.0 Å². The van der Waals surface area contributed by atoms with Crippen LogP contribution in [0.2, 0.25) is 0 Å². The van der Waals surface area contributed by atoms with Gasteiger partial charge >= 0.3 is 0 Å². The van der Waals surface area contributed by atoms with Crippen molar-refractivity contribution in [3.8, 4) is 11.8 Å². The summed E-state index contributed by atoms with van der Waals surface area (Å²) < 4.78 is 5.20. The highest BCUT2D eigenvalue weighted by Crippen LogP contribution is 2.20. The highest BCUT2D eigenvalue weighted by molar-refractivity contribution is 6.01. The summed E-state index contributed by atoms with van der Waals surface area (Å²) in [6, 6.07) is 17.0. The Kier molecular flexibility index (Phi) is 5.54. The molecule has 2 aromatic carbocycles. The van der Waals surface area contributed by atoms with E-state index in [1.54, 1.807) is 13.2 Å². The van der Waals surface area contributed by atoms with Crippen molar-refractivity contribution >= 4 is 12.0 Å². The Bertz CT molecular complexity index is 759. The average molecular weight is 306 g/mol. The first kappa shape index (κ1) is 16.3. The molecule has 0 heterocycles. The van der Waals surface area contributed by atoms with Crippen LogP contribution < -0.4 is 10.1 Å². The molecule has 0 fully saturated rings.